The van der Waals surface area contributed by atoms with Gasteiger partial charge in [0, 0.05) is 17.1 Å². The molecule has 0 amide bonds. The van der Waals surface area contributed by atoms with Crippen molar-refractivity contribution in [3.05, 3.63) is 90.6 Å². The Kier molecular flexibility index (Phi) is 3.32. The molecule has 0 aliphatic heterocycles. The maximum atomic E-state index is 4.54. The van der Waals surface area contributed by atoms with Gasteiger partial charge < -0.3 is 0 Å². The Labute approximate surface area is 151 Å². The predicted molar refractivity (Wildman–Crippen MR) is 106 cm³/mol. The minimum Gasteiger partial charge on any atom is -0.282 e. The lowest BCUT2D eigenvalue weighted by atomic mass is 9.96. The summed E-state index contributed by atoms with van der Waals surface area (Å²) in [5.74, 6) is 0.865. The first-order valence-electron chi connectivity index (χ1n) is 8.71. The summed E-state index contributed by atoms with van der Waals surface area (Å²) in [6, 6.07) is 27.2. The number of fused-ring (bicyclic) bond motifs is 3. The van der Waals surface area contributed by atoms with E-state index in [9.17, 15) is 0 Å². The summed E-state index contributed by atoms with van der Waals surface area (Å²) in [6.45, 7) is 2.14. The van der Waals surface area contributed by atoms with Crippen LogP contribution in [0, 0.1) is 6.92 Å². The van der Waals surface area contributed by atoms with E-state index < -0.39 is 0 Å². The van der Waals surface area contributed by atoms with Gasteiger partial charge in [0.05, 0.1) is 0 Å². The van der Waals surface area contributed by atoms with Crippen LogP contribution < -0.4 is 0 Å². The maximum absolute atomic E-state index is 4.54. The fourth-order valence-electron chi connectivity index (χ4n) is 3.59. The highest BCUT2D eigenvalue weighted by atomic mass is 15.2. The number of aryl methyl sites for hydroxylation is 1. The molecule has 0 spiro atoms. The zero-order valence-electron chi connectivity index (χ0n) is 14.4. The minimum absolute atomic E-state index is 0.865. The van der Waals surface area contributed by atoms with E-state index in [0.29, 0.717) is 0 Å². The maximum Gasteiger partial charge on any atom is 0.168 e. The third-order valence-corrected chi connectivity index (χ3v) is 4.90. The van der Waals surface area contributed by atoms with Gasteiger partial charge in [-0.3, -0.25) is 4.40 Å². The predicted octanol–water partition coefficient (Wildman–Crippen LogP) is 5.52. The van der Waals surface area contributed by atoms with Gasteiger partial charge in [-0.25, -0.2) is 0 Å². The van der Waals surface area contributed by atoms with Gasteiger partial charge in [0.1, 0.15) is 0 Å². The van der Waals surface area contributed by atoms with Crippen LogP contribution in [0.2, 0.25) is 0 Å². The first-order chi connectivity index (χ1) is 12.8. The monoisotopic (exact) mass is 335 g/mol. The van der Waals surface area contributed by atoms with E-state index in [0.717, 1.165) is 22.4 Å². The van der Waals surface area contributed by atoms with Crippen LogP contribution in [0.25, 0.3) is 38.9 Å². The second-order valence-electron chi connectivity index (χ2n) is 6.48. The lowest BCUT2D eigenvalue weighted by Crippen LogP contribution is -1.93. The molecule has 3 aromatic carbocycles. The van der Waals surface area contributed by atoms with Crippen molar-refractivity contribution in [2.75, 3.05) is 0 Å². The lowest BCUT2D eigenvalue weighted by molar-refractivity contribution is 1.11. The van der Waals surface area contributed by atoms with Crippen molar-refractivity contribution in [1.29, 1.82) is 0 Å². The standard InChI is InChI=1S/C23H17N3/c1-16-8-2-4-10-18(16)20-12-6-7-13-21(20)23-25-24-22-19-11-5-3-9-17(19)14-15-26(22)23/h2-15H,1H3. The van der Waals surface area contributed by atoms with E-state index in [1.54, 1.807) is 0 Å². The molecule has 2 aromatic heterocycles. The van der Waals surface area contributed by atoms with Crippen LogP contribution >= 0.6 is 0 Å². The Morgan fingerprint density at radius 2 is 1.35 bits per heavy atom. The highest BCUT2D eigenvalue weighted by Gasteiger charge is 2.15. The number of benzene rings is 3. The van der Waals surface area contributed by atoms with Crippen LogP contribution in [0.15, 0.2) is 85.1 Å². The summed E-state index contributed by atoms with van der Waals surface area (Å²) in [6.07, 6.45) is 2.06. The molecule has 124 valence electrons. The summed E-state index contributed by atoms with van der Waals surface area (Å²) in [7, 11) is 0. The minimum atomic E-state index is 0.865. The van der Waals surface area contributed by atoms with Crippen molar-refractivity contribution in [3.63, 3.8) is 0 Å². The van der Waals surface area contributed by atoms with Gasteiger partial charge in [-0.1, -0.05) is 72.8 Å². The van der Waals surface area contributed by atoms with E-state index in [-0.39, 0.29) is 0 Å². The highest BCUT2D eigenvalue weighted by molar-refractivity contribution is 5.95. The summed E-state index contributed by atoms with van der Waals surface area (Å²) in [4.78, 5) is 0. The number of rotatable bonds is 2. The van der Waals surface area contributed by atoms with E-state index in [2.05, 4.69) is 94.4 Å². The van der Waals surface area contributed by atoms with Crippen molar-refractivity contribution in [3.8, 4) is 22.5 Å². The molecular formula is C23H17N3. The molecule has 0 unspecified atom stereocenters. The second-order valence-corrected chi connectivity index (χ2v) is 6.48. The van der Waals surface area contributed by atoms with Gasteiger partial charge in [0.15, 0.2) is 11.5 Å². The number of hydrogen-bond acceptors (Lipinski definition) is 2. The van der Waals surface area contributed by atoms with Crippen LogP contribution in [0.5, 0.6) is 0 Å². The number of pyridine rings is 1. The summed E-state index contributed by atoms with van der Waals surface area (Å²) in [5, 5.41) is 11.3. The molecule has 5 rings (SSSR count). The van der Waals surface area contributed by atoms with Crippen molar-refractivity contribution in [2.24, 2.45) is 0 Å². The summed E-state index contributed by atoms with van der Waals surface area (Å²) < 4.78 is 2.08. The van der Waals surface area contributed by atoms with Crippen molar-refractivity contribution in [2.45, 2.75) is 6.92 Å². The Hall–Kier alpha value is -3.46. The Bertz CT molecular complexity index is 1250. The van der Waals surface area contributed by atoms with E-state index in [1.165, 1.54) is 22.1 Å². The van der Waals surface area contributed by atoms with Crippen LogP contribution in [0.4, 0.5) is 0 Å². The van der Waals surface area contributed by atoms with E-state index in [1.807, 2.05) is 12.1 Å². The van der Waals surface area contributed by atoms with Crippen LogP contribution in [-0.2, 0) is 0 Å². The molecule has 2 heterocycles. The molecule has 0 atom stereocenters. The summed E-state index contributed by atoms with van der Waals surface area (Å²) >= 11 is 0. The van der Waals surface area contributed by atoms with Gasteiger partial charge in [-0.2, -0.15) is 0 Å². The number of hydrogen-bond donors (Lipinski definition) is 0. The molecular weight excluding hydrogens is 318 g/mol. The third kappa shape index (κ3) is 2.21. The lowest BCUT2D eigenvalue weighted by Gasteiger charge is -2.11. The SMILES string of the molecule is Cc1ccccc1-c1ccccc1-c1nnc2c3ccccc3ccn12. The fourth-order valence-corrected chi connectivity index (χ4v) is 3.59. The number of nitrogens with zero attached hydrogens (tertiary/aromatic N) is 3. The van der Waals surface area contributed by atoms with Gasteiger partial charge in [0.2, 0.25) is 0 Å². The average Bonchev–Trinajstić information content (AvgIpc) is 3.13. The highest BCUT2D eigenvalue weighted by Crippen LogP contribution is 2.33. The quantitative estimate of drug-likeness (QED) is 0.425. The van der Waals surface area contributed by atoms with Crippen molar-refractivity contribution in [1.82, 2.24) is 14.6 Å². The molecule has 0 aliphatic carbocycles. The van der Waals surface area contributed by atoms with Gasteiger partial charge >= 0.3 is 0 Å². The first kappa shape index (κ1) is 14.8. The molecule has 0 aliphatic rings. The zero-order valence-corrected chi connectivity index (χ0v) is 14.4. The molecule has 5 aromatic rings. The Morgan fingerprint density at radius 3 is 2.19 bits per heavy atom. The van der Waals surface area contributed by atoms with Crippen LogP contribution in [0.3, 0.4) is 0 Å². The third-order valence-electron chi connectivity index (χ3n) is 4.90. The van der Waals surface area contributed by atoms with Crippen molar-refractivity contribution < 1.29 is 0 Å². The Balaban J connectivity index is 1.80. The molecule has 0 bridgehead atoms. The van der Waals surface area contributed by atoms with Crippen LogP contribution in [0.1, 0.15) is 5.56 Å². The largest absolute Gasteiger partial charge is 0.282 e. The first-order valence-corrected chi connectivity index (χ1v) is 8.71. The smallest absolute Gasteiger partial charge is 0.168 e. The normalized spacial score (nSPS) is 11.3. The van der Waals surface area contributed by atoms with Gasteiger partial charge in [-0.15, -0.1) is 10.2 Å². The molecule has 3 heteroatoms. The molecule has 0 fully saturated rings. The van der Waals surface area contributed by atoms with Gasteiger partial charge in [-0.05, 0) is 35.1 Å². The fraction of sp³-hybridized carbons (Fsp3) is 0.0435. The molecule has 0 N–H and O–H groups in total. The molecule has 0 saturated heterocycles. The van der Waals surface area contributed by atoms with E-state index in [4.69, 9.17) is 0 Å². The summed E-state index contributed by atoms with van der Waals surface area (Å²) in [5.41, 5.74) is 5.62. The zero-order chi connectivity index (χ0) is 17.5. The number of aromatic nitrogens is 3. The average molecular weight is 335 g/mol. The molecule has 0 saturated carbocycles. The van der Waals surface area contributed by atoms with E-state index >= 15 is 0 Å². The Morgan fingerprint density at radius 1 is 0.654 bits per heavy atom. The van der Waals surface area contributed by atoms with Crippen LogP contribution in [-0.4, -0.2) is 14.6 Å². The van der Waals surface area contributed by atoms with Gasteiger partial charge in [0.25, 0.3) is 0 Å². The molecule has 26 heavy (non-hydrogen) atoms. The van der Waals surface area contributed by atoms with Crippen molar-refractivity contribution >= 4 is 16.4 Å². The molecule has 0 radical (unpaired) electrons. The second kappa shape index (κ2) is 5.81. The molecule has 3 nitrogen and oxygen atoms in total. The topological polar surface area (TPSA) is 30.2 Å².